The molecular weight excluding hydrogens is 564 g/mol. The summed E-state index contributed by atoms with van der Waals surface area (Å²) in [5.41, 5.74) is 4.26. The number of carbonyl (C=O) groups is 2. The van der Waals surface area contributed by atoms with Crippen molar-refractivity contribution in [3.05, 3.63) is 53.6 Å². The lowest BCUT2D eigenvalue weighted by atomic mass is 9.96. The zero-order valence-corrected chi connectivity index (χ0v) is 22.4. The van der Waals surface area contributed by atoms with Crippen LogP contribution in [0.2, 0.25) is 0 Å². The number of carbonyl (C=O) groups excluding carboxylic acids is 2. The van der Waals surface area contributed by atoms with Crippen molar-refractivity contribution in [1.29, 1.82) is 0 Å². The van der Waals surface area contributed by atoms with Gasteiger partial charge in [0.05, 0.1) is 53.5 Å². The van der Waals surface area contributed by atoms with Crippen LogP contribution in [-0.4, -0.2) is 112 Å². The molecule has 1 fully saturated rings. The van der Waals surface area contributed by atoms with Gasteiger partial charge < -0.3 is 50.0 Å². The van der Waals surface area contributed by atoms with Gasteiger partial charge in [-0.3, -0.25) is 9.59 Å². The number of aliphatic hydroxyl groups excluding tert-OH is 6. The number of H-pyrrole nitrogens is 1. The van der Waals surface area contributed by atoms with E-state index in [1.807, 2.05) is 0 Å². The summed E-state index contributed by atoms with van der Waals surface area (Å²) in [7, 11) is 0. The van der Waals surface area contributed by atoms with Crippen molar-refractivity contribution in [2.45, 2.75) is 36.7 Å². The first-order chi connectivity index (χ1) is 20.7. The Bertz CT molecular complexity index is 1940. The molecule has 0 radical (unpaired) electrons. The number of fused-ring (bicyclic) bond motifs is 10. The Morgan fingerprint density at radius 1 is 0.884 bits per heavy atom. The maximum atomic E-state index is 14.1. The van der Waals surface area contributed by atoms with Gasteiger partial charge in [-0.1, -0.05) is 18.2 Å². The van der Waals surface area contributed by atoms with Crippen molar-refractivity contribution in [2.24, 2.45) is 0 Å². The molecule has 0 unspecified atom stereocenters. The molecule has 5 aromatic rings. The number of aromatic hydroxyl groups is 1. The average molecular weight is 593 g/mol. The van der Waals surface area contributed by atoms with Crippen molar-refractivity contribution in [1.82, 2.24) is 20.0 Å². The van der Waals surface area contributed by atoms with Gasteiger partial charge in [-0.2, -0.15) is 0 Å². The molecule has 0 spiro atoms. The number of amides is 2. The number of hydrogen-bond acceptors (Lipinski definition) is 11. The molecule has 1 saturated heterocycles. The molecule has 7 rings (SSSR count). The number of aliphatic hydroxyl groups is 6. The third kappa shape index (κ3) is 3.76. The molecule has 2 aliphatic heterocycles. The number of para-hydroxylation sites is 1. The van der Waals surface area contributed by atoms with Crippen molar-refractivity contribution in [3.63, 3.8) is 0 Å². The van der Waals surface area contributed by atoms with E-state index in [0.29, 0.717) is 38.2 Å². The fourth-order valence-corrected chi connectivity index (χ4v) is 6.37. The van der Waals surface area contributed by atoms with E-state index < -0.39 is 68.3 Å². The predicted octanol–water partition coefficient (Wildman–Crippen LogP) is -0.439. The Hall–Kier alpha value is -4.12. The molecule has 0 aliphatic carbocycles. The first-order valence-electron chi connectivity index (χ1n) is 13.6. The molecular formula is C29H28N4O10. The number of hydrogen-bond donors (Lipinski definition) is 9. The van der Waals surface area contributed by atoms with Crippen LogP contribution in [0.25, 0.3) is 43.6 Å². The van der Waals surface area contributed by atoms with E-state index in [1.54, 1.807) is 34.9 Å². The van der Waals surface area contributed by atoms with E-state index in [0.717, 1.165) is 5.01 Å². The monoisotopic (exact) mass is 592 g/mol. The Balaban J connectivity index is 1.63. The molecule has 9 N–H and O–H groups in total. The molecule has 14 heteroatoms. The van der Waals surface area contributed by atoms with Gasteiger partial charge in [-0.25, -0.2) is 10.4 Å². The number of ether oxygens (including phenoxy) is 1. The second-order valence-electron chi connectivity index (χ2n) is 10.8. The van der Waals surface area contributed by atoms with Gasteiger partial charge >= 0.3 is 0 Å². The van der Waals surface area contributed by atoms with Crippen LogP contribution >= 0.6 is 0 Å². The minimum absolute atomic E-state index is 0.00147. The van der Waals surface area contributed by atoms with Gasteiger partial charge in [0.2, 0.25) is 0 Å². The number of imide groups is 1. The largest absolute Gasteiger partial charge is 0.508 e. The number of aromatic nitrogens is 2. The average Bonchev–Trinajstić information content (AvgIpc) is 3.62. The van der Waals surface area contributed by atoms with Crippen molar-refractivity contribution in [2.75, 3.05) is 19.8 Å². The fourth-order valence-electron chi connectivity index (χ4n) is 6.37. The third-order valence-corrected chi connectivity index (χ3v) is 8.39. The summed E-state index contributed by atoms with van der Waals surface area (Å²) in [6.45, 7) is -1.78. The lowest BCUT2D eigenvalue weighted by Crippen LogP contribution is -2.56. The highest BCUT2D eigenvalue weighted by molar-refractivity contribution is 6.39. The minimum Gasteiger partial charge on any atom is -0.508 e. The van der Waals surface area contributed by atoms with Gasteiger partial charge in [-0.15, -0.1) is 0 Å². The highest BCUT2D eigenvalue weighted by Crippen LogP contribution is 2.47. The summed E-state index contributed by atoms with van der Waals surface area (Å²) in [5, 5.41) is 74.1. The second-order valence-corrected chi connectivity index (χ2v) is 10.8. The number of phenolic OH excluding ortho intramolecular Hbond substituents is 1. The standard InChI is InChI=1S/C29H28N4O10/c34-8-11(9-35)31-33-27(41)20-18-14-7-12(37)5-6-15(14)30-22(18)23-19(21(20)28(33)42)13-3-1-2-4-16(13)32(23)29-26(40)25(39)24(38)17(10-36)43-29/h1-7,11,17,24-26,29-31,34-40H,8-10H2/t17-,24-,25+,26-,29-/m1/s1. The molecule has 2 amide bonds. The maximum Gasteiger partial charge on any atom is 0.276 e. The molecule has 2 aliphatic rings. The predicted molar refractivity (Wildman–Crippen MR) is 151 cm³/mol. The third-order valence-electron chi connectivity index (χ3n) is 8.39. The van der Waals surface area contributed by atoms with Crippen molar-refractivity contribution >= 4 is 55.4 Å². The Morgan fingerprint density at radius 3 is 2.28 bits per heavy atom. The van der Waals surface area contributed by atoms with Crippen LogP contribution in [0, 0.1) is 0 Å². The number of hydrazine groups is 1. The molecule has 2 aromatic heterocycles. The SMILES string of the molecule is O=C1c2c(c3c4ccccc4n([C@@H]4O[C@H](CO)[C@@H](O)[C@H](O)[C@H]4O)c3c3[nH]c4ccc(O)cc4c23)C(=O)N1NC(CO)CO. The molecule has 5 atom stereocenters. The zero-order chi connectivity index (χ0) is 30.3. The molecule has 43 heavy (non-hydrogen) atoms. The number of phenols is 1. The summed E-state index contributed by atoms with van der Waals surface area (Å²) in [6.07, 6.45) is -7.53. The quantitative estimate of drug-likeness (QED) is 0.115. The van der Waals surface area contributed by atoms with Crippen LogP contribution in [0.5, 0.6) is 5.75 Å². The first-order valence-corrected chi connectivity index (χ1v) is 13.6. The summed E-state index contributed by atoms with van der Waals surface area (Å²) in [5.74, 6) is -1.60. The normalized spacial score (nSPS) is 24.4. The molecule has 224 valence electrons. The maximum absolute atomic E-state index is 14.1. The summed E-state index contributed by atoms with van der Waals surface area (Å²) < 4.78 is 7.53. The topological polar surface area (TPSA) is 221 Å². The number of nitrogens with one attached hydrogen (secondary N) is 2. The summed E-state index contributed by atoms with van der Waals surface area (Å²) in [4.78, 5) is 31.3. The second kappa shape index (κ2) is 9.97. The van der Waals surface area contributed by atoms with Crippen LogP contribution in [0.3, 0.4) is 0 Å². The Morgan fingerprint density at radius 2 is 1.58 bits per heavy atom. The molecule has 3 aromatic carbocycles. The highest BCUT2D eigenvalue weighted by atomic mass is 16.6. The lowest BCUT2D eigenvalue weighted by molar-refractivity contribution is -0.249. The van der Waals surface area contributed by atoms with E-state index >= 15 is 0 Å². The molecule has 14 nitrogen and oxygen atoms in total. The van der Waals surface area contributed by atoms with Crippen LogP contribution < -0.4 is 5.43 Å². The smallest absolute Gasteiger partial charge is 0.276 e. The molecule has 0 bridgehead atoms. The van der Waals surface area contributed by atoms with Gasteiger partial charge in [0.1, 0.15) is 30.2 Å². The van der Waals surface area contributed by atoms with Crippen LogP contribution in [-0.2, 0) is 4.74 Å². The van der Waals surface area contributed by atoms with E-state index in [9.17, 15) is 45.3 Å². The number of rotatable bonds is 6. The van der Waals surface area contributed by atoms with E-state index in [2.05, 4.69) is 10.4 Å². The highest BCUT2D eigenvalue weighted by Gasteiger charge is 2.47. The molecule has 4 heterocycles. The minimum atomic E-state index is -1.69. The number of aromatic amines is 1. The first kappa shape index (κ1) is 27.7. The number of benzene rings is 3. The summed E-state index contributed by atoms with van der Waals surface area (Å²) >= 11 is 0. The molecule has 0 saturated carbocycles. The van der Waals surface area contributed by atoms with Crippen LogP contribution in [0.15, 0.2) is 42.5 Å². The van der Waals surface area contributed by atoms with Gasteiger partial charge in [0.25, 0.3) is 11.8 Å². The van der Waals surface area contributed by atoms with Gasteiger partial charge in [0, 0.05) is 27.1 Å². The fraction of sp³-hybridized carbons (Fsp3) is 0.310. The summed E-state index contributed by atoms with van der Waals surface area (Å²) in [6, 6.07) is 10.4. The van der Waals surface area contributed by atoms with E-state index in [4.69, 9.17) is 4.74 Å². The van der Waals surface area contributed by atoms with Crippen LogP contribution in [0.1, 0.15) is 26.9 Å². The van der Waals surface area contributed by atoms with Gasteiger partial charge in [-0.05, 0) is 24.3 Å². The van der Waals surface area contributed by atoms with E-state index in [1.165, 1.54) is 12.1 Å². The van der Waals surface area contributed by atoms with Crippen LogP contribution in [0.4, 0.5) is 0 Å². The lowest BCUT2D eigenvalue weighted by Gasteiger charge is -2.41. The van der Waals surface area contributed by atoms with Gasteiger partial charge in [0.15, 0.2) is 6.23 Å². The Kier molecular flexibility index (Phi) is 6.42. The Labute approximate surface area is 241 Å². The van der Waals surface area contributed by atoms with Crippen molar-refractivity contribution in [3.8, 4) is 5.75 Å². The number of nitrogens with zero attached hydrogens (tertiary/aromatic N) is 2. The van der Waals surface area contributed by atoms with Crippen molar-refractivity contribution < 1.29 is 50.1 Å². The van der Waals surface area contributed by atoms with E-state index in [-0.39, 0.29) is 22.3 Å². The zero-order valence-electron chi connectivity index (χ0n) is 22.4.